The summed E-state index contributed by atoms with van der Waals surface area (Å²) in [6.45, 7) is 2.56. The standard InChI is InChI=1S/C28H46FN3O2/c1-30-20-26(18-22-10-4-3-5-11-22)31-28(33)32-17-9-13-23(21-32)12-6-7-16-27(34-2)24-14-8-15-25(29)19-24/h8,14-15,19,22-23,26-27,30H,3-7,9-13,16-18,20-21H2,1-2H3,(H,31,33). The van der Waals surface area contributed by atoms with Gasteiger partial charge in [-0.1, -0.05) is 57.1 Å². The maximum atomic E-state index is 13.5. The molecule has 1 saturated heterocycles. The van der Waals surface area contributed by atoms with Crippen molar-refractivity contribution < 1.29 is 13.9 Å². The van der Waals surface area contributed by atoms with Crippen LogP contribution in [0.3, 0.4) is 0 Å². The second kappa shape index (κ2) is 14.7. The van der Waals surface area contributed by atoms with E-state index >= 15 is 0 Å². The lowest BCUT2D eigenvalue weighted by Gasteiger charge is -2.35. The lowest BCUT2D eigenvalue weighted by atomic mass is 9.85. The van der Waals surface area contributed by atoms with Gasteiger partial charge in [0.15, 0.2) is 0 Å². The molecule has 0 radical (unpaired) electrons. The molecule has 1 aliphatic carbocycles. The molecule has 0 spiro atoms. The summed E-state index contributed by atoms with van der Waals surface area (Å²) in [7, 11) is 3.67. The lowest BCUT2D eigenvalue weighted by Crippen LogP contribution is -2.51. The van der Waals surface area contributed by atoms with E-state index in [0.29, 0.717) is 5.92 Å². The Morgan fingerprint density at radius 2 is 1.94 bits per heavy atom. The van der Waals surface area contributed by atoms with Gasteiger partial charge in [0.25, 0.3) is 0 Å². The van der Waals surface area contributed by atoms with Crippen molar-refractivity contribution in [2.24, 2.45) is 11.8 Å². The molecule has 0 bridgehead atoms. The number of likely N-dealkylation sites (N-methyl/N-ethyl adjacent to an activating group) is 1. The van der Waals surface area contributed by atoms with Gasteiger partial charge in [0.1, 0.15) is 5.82 Å². The fourth-order valence-corrected chi connectivity index (χ4v) is 5.91. The number of ether oxygens (including phenoxy) is 1. The summed E-state index contributed by atoms with van der Waals surface area (Å²) in [5, 5.41) is 6.62. The predicted molar refractivity (Wildman–Crippen MR) is 136 cm³/mol. The van der Waals surface area contributed by atoms with Crippen LogP contribution >= 0.6 is 0 Å². The number of methoxy groups -OCH3 is 1. The number of likely N-dealkylation sites (tertiary alicyclic amines) is 1. The first kappa shape index (κ1) is 26.9. The fourth-order valence-electron chi connectivity index (χ4n) is 5.91. The Morgan fingerprint density at radius 1 is 1.15 bits per heavy atom. The van der Waals surface area contributed by atoms with E-state index in [9.17, 15) is 9.18 Å². The maximum absolute atomic E-state index is 13.5. The smallest absolute Gasteiger partial charge is 0.317 e. The first-order chi connectivity index (χ1) is 16.6. The molecule has 3 rings (SSSR count). The molecule has 3 atom stereocenters. The van der Waals surface area contributed by atoms with Crippen LogP contribution in [-0.2, 0) is 4.74 Å². The quantitative estimate of drug-likeness (QED) is 0.362. The van der Waals surface area contributed by atoms with Gasteiger partial charge >= 0.3 is 6.03 Å². The highest BCUT2D eigenvalue weighted by molar-refractivity contribution is 5.74. The molecule has 3 unspecified atom stereocenters. The number of carbonyl (C=O) groups excluding carboxylic acids is 1. The Kier molecular flexibility index (Phi) is 11.6. The topological polar surface area (TPSA) is 53.6 Å². The fraction of sp³-hybridized carbons (Fsp3) is 0.750. The number of rotatable bonds is 12. The zero-order valence-electron chi connectivity index (χ0n) is 21.4. The number of carbonyl (C=O) groups is 1. The zero-order chi connectivity index (χ0) is 24.2. The van der Waals surface area contributed by atoms with E-state index in [1.54, 1.807) is 19.2 Å². The number of hydrogen-bond acceptors (Lipinski definition) is 3. The van der Waals surface area contributed by atoms with Crippen LogP contribution in [-0.4, -0.2) is 50.8 Å². The van der Waals surface area contributed by atoms with E-state index in [0.717, 1.165) is 69.6 Å². The largest absolute Gasteiger partial charge is 0.377 e. The van der Waals surface area contributed by atoms with Gasteiger partial charge in [0.05, 0.1) is 6.10 Å². The second-order valence-corrected chi connectivity index (χ2v) is 10.5. The van der Waals surface area contributed by atoms with Crippen molar-refractivity contribution >= 4 is 6.03 Å². The van der Waals surface area contributed by atoms with Crippen molar-refractivity contribution in [3.8, 4) is 0 Å². The molecule has 2 amide bonds. The van der Waals surface area contributed by atoms with Crippen molar-refractivity contribution in [2.75, 3.05) is 33.8 Å². The minimum absolute atomic E-state index is 0.0578. The van der Waals surface area contributed by atoms with Crippen LogP contribution < -0.4 is 10.6 Å². The van der Waals surface area contributed by atoms with Gasteiger partial charge in [-0.3, -0.25) is 0 Å². The van der Waals surface area contributed by atoms with Crippen LogP contribution in [0.15, 0.2) is 24.3 Å². The Labute approximate surface area is 206 Å². The molecule has 2 fully saturated rings. The molecule has 2 aliphatic rings. The summed E-state index contributed by atoms with van der Waals surface area (Å²) in [5.41, 5.74) is 0.910. The number of nitrogens with zero attached hydrogens (tertiary/aromatic N) is 1. The van der Waals surface area contributed by atoms with Crippen molar-refractivity contribution in [1.29, 1.82) is 0 Å². The average molecular weight is 476 g/mol. The van der Waals surface area contributed by atoms with Gasteiger partial charge in [-0.2, -0.15) is 0 Å². The highest BCUT2D eigenvalue weighted by Crippen LogP contribution is 2.28. The molecule has 1 aromatic carbocycles. The zero-order valence-corrected chi connectivity index (χ0v) is 21.4. The lowest BCUT2D eigenvalue weighted by molar-refractivity contribution is 0.0919. The Balaban J connectivity index is 1.39. The molecule has 2 N–H and O–H groups in total. The summed E-state index contributed by atoms with van der Waals surface area (Å²) in [6.07, 6.45) is 14.2. The first-order valence-electron chi connectivity index (χ1n) is 13.6. The first-order valence-corrected chi connectivity index (χ1v) is 13.6. The average Bonchev–Trinajstić information content (AvgIpc) is 2.85. The van der Waals surface area contributed by atoms with Crippen LogP contribution in [0.4, 0.5) is 9.18 Å². The van der Waals surface area contributed by atoms with Crippen LogP contribution in [0.25, 0.3) is 0 Å². The van der Waals surface area contributed by atoms with E-state index in [1.807, 2.05) is 18.0 Å². The molecule has 34 heavy (non-hydrogen) atoms. The molecular weight excluding hydrogens is 429 g/mol. The third kappa shape index (κ3) is 8.84. The number of halogens is 1. The number of benzene rings is 1. The summed E-state index contributed by atoms with van der Waals surface area (Å²) in [5.74, 6) is 1.11. The van der Waals surface area contributed by atoms with Crippen molar-refractivity contribution in [3.05, 3.63) is 35.6 Å². The summed E-state index contributed by atoms with van der Waals surface area (Å²) in [4.78, 5) is 15.1. The third-order valence-corrected chi connectivity index (χ3v) is 7.76. The Bertz CT molecular complexity index is 725. The van der Waals surface area contributed by atoms with Crippen LogP contribution in [0.5, 0.6) is 0 Å². The number of urea groups is 1. The van der Waals surface area contributed by atoms with Gasteiger partial charge in [0, 0.05) is 32.8 Å². The van der Waals surface area contributed by atoms with Crippen LogP contribution in [0, 0.1) is 17.7 Å². The monoisotopic (exact) mass is 475 g/mol. The van der Waals surface area contributed by atoms with Crippen LogP contribution in [0.2, 0.25) is 0 Å². The number of piperidine rings is 1. The predicted octanol–water partition coefficient (Wildman–Crippen LogP) is 6.05. The van der Waals surface area contributed by atoms with E-state index in [2.05, 4.69) is 10.6 Å². The number of amides is 2. The summed E-state index contributed by atoms with van der Waals surface area (Å²) >= 11 is 0. The van der Waals surface area contributed by atoms with Crippen molar-refractivity contribution in [2.45, 2.75) is 89.2 Å². The number of hydrogen-bond donors (Lipinski definition) is 2. The van der Waals surface area contributed by atoms with Gasteiger partial charge in [-0.05, 0) is 68.7 Å². The minimum atomic E-state index is -0.212. The molecule has 192 valence electrons. The van der Waals surface area contributed by atoms with Gasteiger partial charge in [-0.15, -0.1) is 0 Å². The Hall–Kier alpha value is -1.66. The van der Waals surface area contributed by atoms with E-state index in [4.69, 9.17) is 4.74 Å². The normalized spacial score (nSPS) is 21.3. The molecule has 5 nitrogen and oxygen atoms in total. The summed E-state index contributed by atoms with van der Waals surface area (Å²) < 4.78 is 19.2. The number of nitrogens with one attached hydrogen (secondary N) is 2. The van der Waals surface area contributed by atoms with E-state index in [-0.39, 0.29) is 24.0 Å². The third-order valence-electron chi connectivity index (χ3n) is 7.76. The van der Waals surface area contributed by atoms with E-state index < -0.39 is 0 Å². The minimum Gasteiger partial charge on any atom is -0.377 e. The molecule has 1 heterocycles. The number of unbranched alkanes of at least 4 members (excludes halogenated alkanes) is 1. The van der Waals surface area contributed by atoms with Crippen LogP contribution in [0.1, 0.15) is 88.7 Å². The van der Waals surface area contributed by atoms with Gasteiger partial charge < -0.3 is 20.3 Å². The highest BCUT2D eigenvalue weighted by Gasteiger charge is 2.26. The van der Waals surface area contributed by atoms with Crippen molar-refractivity contribution in [1.82, 2.24) is 15.5 Å². The van der Waals surface area contributed by atoms with Gasteiger partial charge in [0.2, 0.25) is 0 Å². The molecule has 6 heteroatoms. The molecular formula is C28H46FN3O2. The second-order valence-electron chi connectivity index (χ2n) is 10.5. The summed E-state index contributed by atoms with van der Waals surface area (Å²) in [6, 6.07) is 7.06. The highest BCUT2D eigenvalue weighted by atomic mass is 19.1. The molecule has 0 aromatic heterocycles. The van der Waals surface area contributed by atoms with Crippen molar-refractivity contribution in [3.63, 3.8) is 0 Å². The molecule has 1 aromatic rings. The maximum Gasteiger partial charge on any atom is 0.317 e. The van der Waals surface area contributed by atoms with E-state index in [1.165, 1.54) is 44.6 Å². The Morgan fingerprint density at radius 3 is 2.68 bits per heavy atom. The van der Waals surface area contributed by atoms with Gasteiger partial charge in [-0.25, -0.2) is 9.18 Å². The molecule has 1 aliphatic heterocycles. The SMILES string of the molecule is CNCC(CC1CCCCC1)NC(=O)N1CCCC(CCCCC(OC)c2cccc(F)c2)C1. The molecule has 1 saturated carbocycles.